The molecule has 0 unspecified atom stereocenters. The number of nitrogens with one attached hydrogen (secondary N) is 2. The molecular formula is C31H29F3N4O6S. The topological polar surface area (TPSA) is 163 Å². The molecule has 5 rings (SSSR count). The maximum absolute atomic E-state index is 13.2. The van der Waals surface area contributed by atoms with E-state index in [4.69, 9.17) is 25.8 Å². The summed E-state index contributed by atoms with van der Waals surface area (Å²) in [5.41, 5.74) is 8.01. The van der Waals surface area contributed by atoms with Crippen LogP contribution in [0.4, 0.5) is 13.2 Å². The Kier molecular flexibility index (Phi) is 10.1. The number of nitrogen functional groups attached to an aromatic ring is 1. The van der Waals surface area contributed by atoms with Crippen LogP contribution in [0, 0.1) is 5.41 Å². The molecule has 0 bridgehead atoms. The molecule has 0 spiro atoms. The minimum absolute atomic E-state index is 0.0458. The molecule has 0 saturated carbocycles. The molecule has 236 valence electrons. The number of halogens is 3. The number of amides is 1. The summed E-state index contributed by atoms with van der Waals surface area (Å²) in [5.74, 6) is -2.44. The van der Waals surface area contributed by atoms with Gasteiger partial charge in [-0.15, -0.1) is 0 Å². The van der Waals surface area contributed by atoms with Gasteiger partial charge in [-0.25, -0.2) is 13.2 Å². The van der Waals surface area contributed by atoms with Crippen molar-refractivity contribution < 1.29 is 41.0 Å². The number of carboxylic acids is 1. The number of benzene rings is 4. The Morgan fingerprint density at radius 1 is 0.978 bits per heavy atom. The van der Waals surface area contributed by atoms with Crippen LogP contribution in [0.1, 0.15) is 23.1 Å². The molecule has 0 radical (unpaired) electrons. The highest BCUT2D eigenvalue weighted by Gasteiger charge is 2.38. The fourth-order valence-corrected chi connectivity index (χ4v) is 5.78. The fourth-order valence-electron chi connectivity index (χ4n) is 4.52. The number of alkyl halides is 3. The van der Waals surface area contributed by atoms with Gasteiger partial charge in [0.2, 0.25) is 15.9 Å². The Balaban J connectivity index is 0.000000591. The number of hydrogen-bond donors (Lipinski definition) is 4. The number of ether oxygens (including phenoxy) is 1. The van der Waals surface area contributed by atoms with Crippen LogP contribution in [0.2, 0.25) is 0 Å². The van der Waals surface area contributed by atoms with Crippen molar-refractivity contribution in [3.63, 3.8) is 0 Å². The molecule has 0 aromatic heterocycles. The summed E-state index contributed by atoms with van der Waals surface area (Å²) in [5, 5.41) is 16.3. The van der Waals surface area contributed by atoms with E-state index in [-0.39, 0.29) is 16.6 Å². The number of likely N-dealkylation sites (tertiary alicyclic amines) is 1. The first-order valence-corrected chi connectivity index (χ1v) is 15.0. The highest BCUT2D eigenvalue weighted by Crippen LogP contribution is 2.26. The summed E-state index contributed by atoms with van der Waals surface area (Å²) in [7, 11) is -3.93. The van der Waals surface area contributed by atoms with Crippen LogP contribution in [0.5, 0.6) is 5.75 Å². The maximum atomic E-state index is 13.2. The molecule has 10 nitrogen and oxygen atoms in total. The number of sulfonamides is 1. The molecule has 14 heteroatoms. The number of rotatable bonds is 9. The molecule has 1 saturated heterocycles. The van der Waals surface area contributed by atoms with Crippen molar-refractivity contribution in [3.05, 3.63) is 108 Å². The molecule has 1 fully saturated rings. The number of aliphatic carboxylic acids is 1. The predicted molar refractivity (Wildman–Crippen MR) is 160 cm³/mol. The molecule has 4 aromatic rings. The molecule has 1 atom stereocenters. The van der Waals surface area contributed by atoms with E-state index < -0.39 is 28.2 Å². The van der Waals surface area contributed by atoms with Crippen LogP contribution in [0.15, 0.2) is 95.9 Å². The monoisotopic (exact) mass is 642 g/mol. The lowest BCUT2D eigenvalue weighted by Crippen LogP contribution is -2.41. The Labute approximate surface area is 256 Å². The summed E-state index contributed by atoms with van der Waals surface area (Å²) < 4.78 is 66.6. The molecule has 1 heterocycles. The molecule has 4 aromatic carbocycles. The van der Waals surface area contributed by atoms with E-state index >= 15 is 0 Å². The molecule has 1 aliphatic heterocycles. The molecule has 0 aliphatic carbocycles. The fraction of sp³-hybridized carbons (Fsp3) is 0.194. The zero-order valence-corrected chi connectivity index (χ0v) is 24.4. The SMILES string of the molecule is N=C(N)c1cccc(CN2CC[C@H](NS(=O)(=O)c3ccc4ccc(OCc5ccccc5)cc4c3)C2=O)c1.O=C(O)C(F)(F)F. The van der Waals surface area contributed by atoms with Crippen molar-refractivity contribution in [2.75, 3.05) is 6.54 Å². The minimum atomic E-state index is -5.08. The van der Waals surface area contributed by atoms with E-state index in [0.717, 1.165) is 21.9 Å². The number of carbonyl (C=O) groups is 2. The lowest BCUT2D eigenvalue weighted by molar-refractivity contribution is -0.192. The summed E-state index contributed by atoms with van der Waals surface area (Å²) in [4.78, 5) is 23.6. The van der Waals surface area contributed by atoms with Gasteiger partial charge < -0.3 is 20.5 Å². The van der Waals surface area contributed by atoms with Gasteiger partial charge in [0, 0.05) is 18.7 Å². The number of carbonyl (C=O) groups excluding carboxylic acids is 1. The molecule has 5 N–H and O–H groups in total. The zero-order valence-electron chi connectivity index (χ0n) is 23.6. The average Bonchev–Trinajstić information content (AvgIpc) is 3.33. The first-order chi connectivity index (χ1) is 21.2. The Morgan fingerprint density at radius 2 is 1.64 bits per heavy atom. The van der Waals surface area contributed by atoms with Gasteiger partial charge in [-0.05, 0) is 58.7 Å². The highest BCUT2D eigenvalue weighted by atomic mass is 32.2. The van der Waals surface area contributed by atoms with Crippen LogP contribution in [0.3, 0.4) is 0 Å². The van der Waals surface area contributed by atoms with Crippen molar-refractivity contribution in [1.29, 1.82) is 5.41 Å². The van der Waals surface area contributed by atoms with Crippen LogP contribution < -0.4 is 15.2 Å². The molecule has 1 amide bonds. The zero-order chi connectivity index (χ0) is 32.8. The van der Waals surface area contributed by atoms with Gasteiger partial charge >= 0.3 is 12.1 Å². The van der Waals surface area contributed by atoms with Crippen molar-refractivity contribution in [2.45, 2.75) is 36.7 Å². The maximum Gasteiger partial charge on any atom is 0.490 e. The molecule has 45 heavy (non-hydrogen) atoms. The Bertz CT molecular complexity index is 1820. The van der Waals surface area contributed by atoms with Gasteiger partial charge in [0.05, 0.1) is 4.90 Å². The van der Waals surface area contributed by atoms with E-state index in [2.05, 4.69) is 4.72 Å². The normalized spacial score (nSPS) is 15.0. The second-order valence-corrected chi connectivity index (χ2v) is 11.8. The first-order valence-electron chi connectivity index (χ1n) is 13.5. The lowest BCUT2D eigenvalue weighted by Gasteiger charge is -2.18. The summed E-state index contributed by atoms with van der Waals surface area (Å²) >= 11 is 0. The number of nitrogens with zero attached hydrogens (tertiary/aromatic N) is 1. The first kappa shape index (κ1) is 33.0. The van der Waals surface area contributed by atoms with Crippen molar-refractivity contribution in [1.82, 2.24) is 9.62 Å². The van der Waals surface area contributed by atoms with Crippen LogP contribution in [0.25, 0.3) is 10.8 Å². The minimum Gasteiger partial charge on any atom is -0.489 e. The van der Waals surface area contributed by atoms with Crippen molar-refractivity contribution in [2.24, 2.45) is 5.73 Å². The smallest absolute Gasteiger partial charge is 0.489 e. The van der Waals surface area contributed by atoms with Gasteiger partial charge in [0.1, 0.15) is 24.2 Å². The lowest BCUT2D eigenvalue weighted by atomic mass is 10.1. The quantitative estimate of drug-likeness (QED) is 0.155. The van der Waals surface area contributed by atoms with Crippen LogP contribution in [-0.2, 0) is 32.8 Å². The van der Waals surface area contributed by atoms with Gasteiger partial charge in [0.15, 0.2) is 0 Å². The molecule has 1 aliphatic rings. The van der Waals surface area contributed by atoms with Crippen molar-refractivity contribution >= 4 is 38.5 Å². The third-order valence-corrected chi connectivity index (χ3v) is 8.26. The van der Waals surface area contributed by atoms with Gasteiger partial charge in [-0.3, -0.25) is 10.2 Å². The second-order valence-electron chi connectivity index (χ2n) is 10.1. The second kappa shape index (κ2) is 13.8. The number of fused-ring (bicyclic) bond motifs is 1. The van der Waals surface area contributed by atoms with E-state index in [1.54, 1.807) is 41.3 Å². The third-order valence-electron chi connectivity index (χ3n) is 6.79. The van der Waals surface area contributed by atoms with Crippen LogP contribution >= 0.6 is 0 Å². The largest absolute Gasteiger partial charge is 0.490 e. The Hall–Kier alpha value is -4.95. The Morgan fingerprint density at radius 3 is 2.31 bits per heavy atom. The van der Waals surface area contributed by atoms with Crippen LogP contribution in [-0.4, -0.2) is 54.9 Å². The number of nitrogens with two attached hydrogens (primary N) is 1. The predicted octanol–water partition coefficient (Wildman–Crippen LogP) is 4.42. The van der Waals surface area contributed by atoms with E-state index in [1.165, 1.54) is 0 Å². The van der Waals surface area contributed by atoms with E-state index in [1.807, 2.05) is 54.6 Å². The van der Waals surface area contributed by atoms with Gasteiger partial charge in [-0.2, -0.15) is 17.9 Å². The summed E-state index contributed by atoms with van der Waals surface area (Å²) in [6.07, 6.45) is -4.71. The third kappa shape index (κ3) is 8.80. The molecular weight excluding hydrogens is 613 g/mol. The standard InChI is InChI=1S/C29H28N4O4S.C2HF3O2/c30-28(31)23-8-4-7-21(15-23)18-33-14-13-27(29(33)34)32-38(35,36)26-12-10-22-9-11-25(16-24(22)17-26)37-19-20-5-2-1-3-6-20;3-2(4,5)1(6)7/h1-12,15-17,27,32H,13-14,18-19H2,(H3,30,31);(H,6,7)/t27-;/m0./s1. The van der Waals surface area contributed by atoms with Crippen molar-refractivity contribution in [3.8, 4) is 5.75 Å². The van der Waals surface area contributed by atoms with E-state index in [0.29, 0.717) is 37.4 Å². The number of hydrogen-bond acceptors (Lipinski definition) is 6. The van der Waals surface area contributed by atoms with Gasteiger partial charge in [-0.1, -0.05) is 60.7 Å². The summed E-state index contributed by atoms with van der Waals surface area (Å²) in [6.45, 7) is 1.15. The number of carboxylic acid groups (broad SMARTS) is 1. The summed E-state index contributed by atoms with van der Waals surface area (Å²) in [6, 6.07) is 26.5. The van der Waals surface area contributed by atoms with Gasteiger partial charge in [0.25, 0.3) is 0 Å². The highest BCUT2D eigenvalue weighted by molar-refractivity contribution is 7.89. The number of amidine groups is 1. The van der Waals surface area contributed by atoms with E-state index in [9.17, 15) is 26.4 Å². The average molecular weight is 643 g/mol.